The number of hydrogen-bond donors (Lipinski definition) is 0. The van der Waals surface area contributed by atoms with Crippen LogP contribution in [0.25, 0.3) is 0 Å². The molecule has 7 nitrogen and oxygen atoms in total. The van der Waals surface area contributed by atoms with Gasteiger partial charge in [-0.15, -0.1) is 0 Å². The smallest absolute Gasteiger partial charge is 0.406 e. The van der Waals surface area contributed by atoms with Crippen LogP contribution in [0.15, 0.2) is 42.5 Å². The molecule has 0 atom stereocenters. The molecule has 0 aliphatic rings. The maximum Gasteiger partial charge on any atom is 0.406 e. The highest BCUT2D eigenvalue weighted by molar-refractivity contribution is 5.89. The molecule has 0 amide bonds. The highest BCUT2D eigenvalue weighted by Gasteiger charge is 2.17. The fourth-order valence-corrected chi connectivity index (χ4v) is 1.72. The maximum absolute atomic E-state index is 11.7. The van der Waals surface area contributed by atoms with E-state index in [1.165, 1.54) is 6.07 Å². The van der Waals surface area contributed by atoms with Crippen molar-refractivity contribution < 1.29 is 19.2 Å². The van der Waals surface area contributed by atoms with E-state index in [9.17, 15) is 14.9 Å². The van der Waals surface area contributed by atoms with E-state index in [4.69, 9.17) is 9.47 Å². The van der Waals surface area contributed by atoms with Gasteiger partial charge >= 0.3 is 11.8 Å². The van der Waals surface area contributed by atoms with Crippen molar-refractivity contribution in [2.24, 2.45) is 0 Å². The van der Waals surface area contributed by atoms with Gasteiger partial charge in [0.15, 0.2) is 0 Å². The summed E-state index contributed by atoms with van der Waals surface area (Å²) in [5.74, 6) is -0.776. The van der Waals surface area contributed by atoms with Crippen LogP contribution in [0.2, 0.25) is 0 Å². The zero-order valence-corrected chi connectivity index (χ0v) is 11.9. The highest BCUT2D eigenvalue weighted by Crippen LogP contribution is 2.24. The minimum Gasteiger partial charge on any atom is -0.482 e. The first-order chi connectivity index (χ1) is 10.6. The third-order valence-corrected chi connectivity index (χ3v) is 2.74. The minimum absolute atomic E-state index is 0.00412. The zero-order chi connectivity index (χ0) is 15.9. The van der Waals surface area contributed by atoms with Crippen LogP contribution in [0.1, 0.15) is 16.1 Å². The Hall–Kier alpha value is -2.96. The summed E-state index contributed by atoms with van der Waals surface area (Å²) in [6.07, 6.45) is 0. The number of ether oxygens (including phenoxy) is 2. The first-order valence-electron chi connectivity index (χ1n) is 6.55. The van der Waals surface area contributed by atoms with Crippen LogP contribution in [0, 0.1) is 17.0 Å². The van der Waals surface area contributed by atoms with Crippen LogP contribution in [0.3, 0.4) is 0 Å². The van der Waals surface area contributed by atoms with Crippen molar-refractivity contribution in [1.29, 1.82) is 0 Å². The molecule has 2 rings (SSSR count). The number of carbonyl (C=O) groups is 1. The Morgan fingerprint density at radius 1 is 1.18 bits per heavy atom. The standard InChI is InChI=1S/C15H14N2O5/c1-11-7-8-13(14(16-11)17(19)20)21-9-10-22-15(18)12-5-3-2-4-6-12/h2-8H,9-10H2,1H3. The largest absolute Gasteiger partial charge is 0.482 e. The molecule has 2 aromatic rings. The third-order valence-electron chi connectivity index (χ3n) is 2.74. The summed E-state index contributed by atoms with van der Waals surface area (Å²) in [6, 6.07) is 11.6. The summed E-state index contributed by atoms with van der Waals surface area (Å²) < 4.78 is 10.3. The summed E-state index contributed by atoms with van der Waals surface area (Å²) in [4.78, 5) is 25.7. The molecule has 0 unspecified atom stereocenters. The van der Waals surface area contributed by atoms with Gasteiger partial charge in [-0.25, -0.2) is 4.79 Å². The van der Waals surface area contributed by atoms with Crippen molar-refractivity contribution in [1.82, 2.24) is 4.98 Å². The molecule has 0 saturated carbocycles. The Balaban J connectivity index is 1.87. The molecule has 0 radical (unpaired) electrons. The van der Waals surface area contributed by atoms with E-state index in [1.807, 2.05) is 0 Å². The SMILES string of the molecule is Cc1ccc(OCCOC(=O)c2ccccc2)c([N+](=O)[O-])n1. The van der Waals surface area contributed by atoms with Gasteiger partial charge in [0.05, 0.1) is 5.56 Å². The topological polar surface area (TPSA) is 91.6 Å². The van der Waals surface area contributed by atoms with Gasteiger partial charge in [0.2, 0.25) is 5.75 Å². The fraction of sp³-hybridized carbons (Fsp3) is 0.200. The lowest BCUT2D eigenvalue weighted by Crippen LogP contribution is -2.13. The fourth-order valence-electron chi connectivity index (χ4n) is 1.72. The average Bonchev–Trinajstić information content (AvgIpc) is 2.53. The van der Waals surface area contributed by atoms with Gasteiger partial charge < -0.3 is 19.6 Å². The lowest BCUT2D eigenvalue weighted by Gasteiger charge is -2.07. The second kappa shape index (κ2) is 7.16. The van der Waals surface area contributed by atoms with Crippen LogP contribution in [0.4, 0.5) is 5.82 Å². The molecule has 0 fully saturated rings. The van der Waals surface area contributed by atoms with Crippen molar-refractivity contribution in [3.8, 4) is 5.75 Å². The summed E-state index contributed by atoms with van der Waals surface area (Å²) in [7, 11) is 0. The number of carbonyl (C=O) groups excluding carboxylic acids is 1. The number of rotatable bonds is 6. The molecule has 0 N–H and O–H groups in total. The van der Waals surface area contributed by atoms with Crippen LogP contribution in [-0.4, -0.2) is 29.1 Å². The van der Waals surface area contributed by atoms with Crippen molar-refractivity contribution in [3.63, 3.8) is 0 Å². The van der Waals surface area contributed by atoms with E-state index >= 15 is 0 Å². The quantitative estimate of drug-likeness (QED) is 0.352. The number of hydrogen-bond acceptors (Lipinski definition) is 6. The molecule has 7 heteroatoms. The number of nitrogens with zero attached hydrogens (tertiary/aromatic N) is 2. The first kappa shape index (κ1) is 15.4. The second-order valence-corrected chi connectivity index (χ2v) is 4.38. The predicted octanol–water partition coefficient (Wildman–Crippen LogP) is 2.53. The summed E-state index contributed by atoms with van der Waals surface area (Å²) in [5.41, 5.74) is 0.958. The Labute approximate surface area is 126 Å². The van der Waals surface area contributed by atoms with E-state index in [1.54, 1.807) is 43.3 Å². The maximum atomic E-state index is 11.7. The summed E-state index contributed by atoms with van der Waals surface area (Å²) in [5, 5.41) is 10.9. The number of benzene rings is 1. The van der Waals surface area contributed by atoms with Crippen molar-refractivity contribution in [2.45, 2.75) is 6.92 Å². The molecule has 0 aliphatic carbocycles. The molecule has 1 heterocycles. The molecule has 0 saturated heterocycles. The van der Waals surface area contributed by atoms with Crippen molar-refractivity contribution >= 4 is 11.8 Å². The number of aromatic nitrogens is 1. The molecule has 1 aromatic carbocycles. The second-order valence-electron chi connectivity index (χ2n) is 4.38. The predicted molar refractivity (Wildman–Crippen MR) is 77.8 cm³/mol. The van der Waals surface area contributed by atoms with E-state index in [0.717, 1.165) is 0 Å². The Bertz CT molecular complexity index is 673. The van der Waals surface area contributed by atoms with Gasteiger partial charge in [0.25, 0.3) is 0 Å². The number of pyridine rings is 1. The van der Waals surface area contributed by atoms with Gasteiger partial charge in [-0.3, -0.25) is 0 Å². The molecule has 1 aromatic heterocycles. The van der Waals surface area contributed by atoms with E-state index < -0.39 is 10.9 Å². The highest BCUT2D eigenvalue weighted by atomic mass is 16.6. The normalized spacial score (nSPS) is 10.0. The molecule has 0 spiro atoms. The van der Waals surface area contributed by atoms with Crippen LogP contribution >= 0.6 is 0 Å². The summed E-state index contributed by atoms with van der Waals surface area (Å²) in [6.45, 7) is 1.64. The minimum atomic E-state index is -0.613. The van der Waals surface area contributed by atoms with Crippen LogP contribution in [-0.2, 0) is 4.74 Å². The third kappa shape index (κ3) is 4.02. The van der Waals surface area contributed by atoms with Gasteiger partial charge in [-0.2, -0.15) is 0 Å². The first-order valence-corrected chi connectivity index (χ1v) is 6.55. The molecule has 114 valence electrons. The average molecular weight is 302 g/mol. The van der Waals surface area contributed by atoms with Crippen molar-refractivity contribution in [3.05, 3.63) is 63.8 Å². The monoisotopic (exact) mass is 302 g/mol. The van der Waals surface area contributed by atoms with E-state index in [-0.39, 0.29) is 24.8 Å². The number of aryl methyl sites for hydroxylation is 1. The molecule has 0 bridgehead atoms. The van der Waals surface area contributed by atoms with Crippen LogP contribution in [0.5, 0.6) is 5.75 Å². The van der Waals surface area contributed by atoms with E-state index in [2.05, 4.69) is 4.98 Å². The molecular formula is C15H14N2O5. The van der Waals surface area contributed by atoms with Gasteiger partial charge in [-0.1, -0.05) is 18.2 Å². The Kier molecular flexibility index (Phi) is 5.02. The van der Waals surface area contributed by atoms with Crippen molar-refractivity contribution in [2.75, 3.05) is 13.2 Å². The van der Waals surface area contributed by atoms with Gasteiger partial charge in [-0.05, 0) is 34.2 Å². The lowest BCUT2D eigenvalue weighted by molar-refractivity contribution is -0.390. The summed E-state index contributed by atoms with van der Waals surface area (Å²) >= 11 is 0. The number of nitro groups is 1. The van der Waals surface area contributed by atoms with Gasteiger partial charge in [0, 0.05) is 6.92 Å². The van der Waals surface area contributed by atoms with Crippen LogP contribution < -0.4 is 4.74 Å². The molecular weight excluding hydrogens is 288 g/mol. The Morgan fingerprint density at radius 3 is 2.59 bits per heavy atom. The van der Waals surface area contributed by atoms with Gasteiger partial charge in [0.1, 0.15) is 18.9 Å². The van der Waals surface area contributed by atoms with E-state index in [0.29, 0.717) is 11.3 Å². The lowest BCUT2D eigenvalue weighted by atomic mass is 10.2. The zero-order valence-electron chi connectivity index (χ0n) is 11.9. The number of esters is 1. The molecule has 0 aliphatic heterocycles. The molecule has 22 heavy (non-hydrogen) atoms. The Morgan fingerprint density at radius 2 is 1.91 bits per heavy atom.